The van der Waals surface area contributed by atoms with Crippen molar-refractivity contribution in [2.24, 2.45) is 5.73 Å². The van der Waals surface area contributed by atoms with Crippen LogP contribution in [0.2, 0.25) is 0 Å². The first-order chi connectivity index (χ1) is 6.26. The molecule has 6 heteroatoms. The quantitative estimate of drug-likeness (QED) is 0.477. The van der Waals surface area contributed by atoms with Crippen molar-refractivity contribution in [2.75, 3.05) is 6.61 Å². The summed E-state index contributed by atoms with van der Waals surface area (Å²) in [5, 5.41) is 8.47. The highest BCUT2D eigenvalue weighted by Gasteiger charge is 2.23. The van der Waals surface area contributed by atoms with Gasteiger partial charge in [0.15, 0.2) is 0 Å². The summed E-state index contributed by atoms with van der Waals surface area (Å²) in [6, 6.07) is -1.22. The average molecular weight is 205 g/mol. The second kappa shape index (κ2) is 4.92. The topological polar surface area (TPSA) is 98.9 Å². The smallest absolute Gasteiger partial charge is 0.428 e. The van der Waals surface area contributed by atoms with Crippen LogP contribution in [0.3, 0.4) is 0 Å². The molecule has 0 saturated carbocycles. The molecular formula is C8H15NO5. The number of nitrogens with two attached hydrogens (primary N) is 1. The monoisotopic (exact) mass is 205 g/mol. The van der Waals surface area contributed by atoms with Crippen molar-refractivity contribution >= 4 is 12.1 Å². The van der Waals surface area contributed by atoms with Crippen LogP contribution < -0.4 is 5.73 Å². The number of hydrogen-bond acceptors (Lipinski definition) is 6. The number of aliphatic hydroxyl groups excluding tert-OH is 1. The fourth-order valence-electron chi connectivity index (χ4n) is 0.503. The minimum atomic E-state index is -1.22. The zero-order chi connectivity index (χ0) is 11.4. The van der Waals surface area contributed by atoms with Crippen LogP contribution in [0.15, 0.2) is 0 Å². The Morgan fingerprint density at radius 2 is 1.93 bits per heavy atom. The maximum atomic E-state index is 10.9. The molecule has 0 amide bonds. The van der Waals surface area contributed by atoms with E-state index in [-0.39, 0.29) is 0 Å². The zero-order valence-electron chi connectivity index (χ0n) is 8.44. The number of ether oxygens (including phenoxy) is 2. The second-order valence-corrected chi connectivity index (χ2v) is 3.67. The van der Waals surface area contributed by atoms with Gasteiger partial charge in [0.2, 0.25) is 0 Å². The molecule has 0 aromatic carbocycles. The predicted octanol–water partition coefficient (Wildman–Crippen LogP) is -0.216. The lowest BCUT2D eigenvalue weighted by atomic mass is 10.2. The van der Waals surface area contributed by atoms with Gasteiger partial charge < -0.3 is 20.3 Å². The van der Waals surface area contributed by atoms with Crippen molar-refractivity contribution in [2.45, 2.75) is 32.4 Å². The summed E-state index contributed by atoms with van der Waals surface area (Å²) in [6.45, 7) is 4.31. The SMILES string of the molecule is CC(C)(C)OC(=O)OC(=O)[C@@H](N)CO. The van der Waals surface area contributed by atoms with Gasteiger partial charge in [-0.2, -0.15) is 0 Å². The maximum absolute atomic E-state index is 10.9. The van der Waals surface area contributed by atoms with E-state index in [9.17, 15) is 9.59 Å². The molecular weight excluding hydrogens is 190 g/mol. The van der Waals surface area contributed by atoms with Gasteiger partial charge in [0.05, 0.1) is 6.61 Å². The summed E-state index contributed by atoms with van der Waals surface area (Å²) in [7, 11) is 0. The third-order valence-electron chi connectivity index (χ3n) is 1.07. The van der Waals surface area contributed by atoms with Gasteiger partial charge in [0.25, 0.3) is 0 Å². The number of esters is 1. The van der Waals surface area contributed by atoms with E-state index in [4.69, 9.17) is 10.8 Å². The van der Waals surface area contributed by atoms with Gasteiger partial charge in [0, 0.05) is 0 Å². The Hall–Kier alpha value is -1.14. The van der Waals surface area contributed by atoms with Crippen molar-refractivity contribution in [3.05, 3.63) is 0 Å². The highest BCUT2D eigenvalue weighted by molar-refractivity contribution is 5.85. The molecule has 0 aromatic heterocycles. The molecule has 3 N–H and O–H groups in total. The normalized spacial score (nSPS) is 13.2. The van der Waals surface area contributed by atoms with Crippen LogP contribution in [0, 0.1) is 0 Å². The molecule has 0 radical (unpaired) electrons. The lowest BCUT2D eigenvalue weighted by Gasteiger charge is -2.18. The Labute approximate surface area is 82.0 Å². The summed E-state index contributed by atoms with van der Waals surface area (Å²) >= 11 is 0. The highest BCUT2D eigenvalue weighted by Crippen LogP contribution is 2.08. The van der Waals surface area contributed by atoms with Crippen molar-refractivity contribution in [3.8, 4) is 0 Å². The number of hydrogen-bond donors (Lipinski definition) is 2. The van der Waals surface area contributed by atoms with Crippen molar-refractivity contribution in [3.63, 3.8) is 0 Å². The largest absolute Gasteiger partial charge is 0.516 e. The van der Waals surface area contributed by atoms with Crippen LogP contribution in [-0.4, -0.2) is 35.5 Å². The lowest BCUT2D eigenvalue weighted by Crippen LogP contribution is -2.38. The minimum absolute atomic E-state index is 0.582. The van der Waals surface area contributed by atoms with E-state index >= 15 is 0 Å². The first-order valence-corrected chi connectivity index (χ1v) is 4.07. The summed E-state index contributed by atoms with van der Waals surface area (Å²) in [4.78, 5) is 21.7. The van der Waals surface area contributed by atoms with Gasteiger partial charge in [-0.1, -0.05) is 0 Å². The molecule has 0 aliphatic carbocycles. The molecule has 1 atom stereocenters. The Morgan fingerprint density at radius 1 is 1.43 bits per heavy atom. The molecule has 0 rings (SSSR count). The maximum Gasteiger partial charge on any atom is 0.516 e. The third kappa shape index (κ3) is 5.50. The Kier molecular flexibility index (Phi) is 4.52. The minimum Gasteiger partial charge on any atom is -0.428 e. The molecule has 0 fully saturated rings. The first kappa shape index (κ1) is 12.9. The van der Waals surface area contributed by atoms with E-state index in [1.54, 1.807) is 20.8 Å². The predicted molar refractivity (Wildman–Crippen MR) is 47.4 cm³/mol. The molecule has 0 aliphatic rings. The molecule has 82 valence electrons. The molecule has 0 heterocycles. The Morgan fingerprint density at radius 3 is 2.29 bits per heavy atom. The van der Waals surface area contributed by atoms with Crippen LogP contribution in [0.25, 0.3) is 0 Å². The summed E-state index contributed by atoms with van der Waals surface area (Å²) in [6.07, 6.45) is -1.12. The van der Waals surface area contributed by atoms with Crippen molar-refractivity contribution < 1.29 is 24.2 Å². The van der Waals surface area contributed by atoms with Crippen molar-refractivity contribution in [1.82, 2.24) is 0 Å². The van der Waals surface area contributed by atoms with Gasteiger partial charge in [-0.3, -0.25) is 0 Å². The fourth-order valence-corrected chi connectivity index (χ4v) is 0.503. The summed E-state index contributed by atoms with van der Waals surface area (Å²) < 4.78 is 8.88. The van der Waals surface area contributed by atoms with E-state index < -0.39 is 30.4 Å². The van der Waals surface area contributed by atoms with Gasteiger partial charge in [-0.15, -0.1) is 0 Å². The second-order valence-electron chi connectivity index (χ2n) is 3.67. The van der Waals surface area contributed by atoms with Crippen LogP contribution in [0.1, 0.15) is 20.8 Å². The number of aliphatic hydroxyl groups is 1. The molecule has 0 aromatic rings. The molecule has 6 nitrogen and oxygen atoms in total. The average Bonchev–Trinajstić information content (AvgIpc) is 1.99. The molecule has 0 aliphatic heterocycles. The van der Waals surface area contributed by atoms with Gasteiger partial charge >= 0.3 is 12.1 Å². The van der Waals surface area contributed by atoms with E-state index in [2.05, 4.69) is 9.47 Å². The van der Waals surface area contributed by atoms with E-state index in [1.807, 2.05) is 0 Å². The van der Waals surface area contributed by atoms with E-state index in [0.717, 1.165) is 0 Å². The highest BCUT2D eigenvalue weighted by atomic mass is 16.7. The van der Waals surface area contributed by atoms with E-state index in [0.29, 0.717) is 0 Å². The molecule has 14 heavy (non-hydrogen) atoms. The summed E-state index contributed by atoms with van der Waals surface area (Å²) in [5.41, 5.74) is 4.36. The van der Waals surface area contributed by atoms with Crippen LogP contribution >= 0.6 is 0 Å². The number of carbonyl (C=O) groups excluding carboxylic acids is 2. The Balaban J connectivity index is 4.02. The third-order valence-corrected chi connectivity index (χ3v) is 1.07. The number of rotatable bonds is 2. The number of carbonyl (C=O) groups is 2. The zero-order valence-corrected chi connectivity index (χ0v) is 8.44. The van der Waals surface area contributed by atoms with E-state index in [1.165, 1.54) is 0 Å². The molecule has 0 bridgehead atoms. The standard InChI is InChI=1S/C8H15NO5/c1-8(2,3)14-7(12)13-6(11)5(9)4-10/h5,10H,4,9H2,1-3H3/t5-/m0/s1. The molecule has 0 spiro atoms. The first-order valence-electron chi connectivity index (χ1n) is 4.07. The van der Waals surface area contributed by atoms with Crippen LogP contribution in [0.4, 0.5) is 4.79 Å². The lowest BCUT2D eigenvalue weighted by molar-refractivity contribution is -0.143. The molecule has 0 unspecified atom stereocenters. The van der Waals surface area contributed by atoms with Crippen molar-refractivity contribution in [1.29, 1.82) is 0 Å². The van der Waals surface area contributed by atoms with Crippen LogP contribution in [-0.2, 0) is 14.3 Å². The van der Waals surface area contributed by atoms with Gasteiger partial charge in [-0.25, -0.2) is 9.59 Å². The molecule has 0 saturated heterocycles. The summed E-state index contributed by atoms with van der Waals surface area (Å²) in [5.74, 6) is -1.01. The van der Waals surface area contributed by atoms with Gasteiger partial charge in [0.1, 0.15) is 11.6 Å². The fraction of sp³-hybridized carbons (Fsp3) is 0.750. The van der Waals surface area contributed by atoms with Gasteiger partial charge in [-0.05, 0) is 20.8 Å². The Bertz CT molecular complexity index is 220. The van der Waals surface area contributed by atoms with Crippen LogP contribution in [0.5, 0.6) is 0 Å².